The van der Waals surface area contributed by atoms with E-state index in [1.165, 1.54) is 48.8 Å². The lowest BCUT2D eigenvalue weighted by molar-refractivity contribution is 0.669. The molecule has 2 nitrogen and oxygen atoms in total. The lowest BCUT2D eigenvalue weighted by Crippen LogP contribution is -2.10. The van der Waals surface area contributed by atoms with Gasteiger partial charge in [0.25, 0.3) is 0 Å². The molecular formula is C48H31NO. The van der Waals surface area contributed by atoms with Crippen molar-refractivity contribution in [3.63, 3.8) is 0 Å². The van der Waals surface area contributed by atoms with E-state index in [1.807, 2.05) is 0 Å². The highest BCUT2D eigenvalue weighted by Crippen LogP contribution is 2.43. The molecule has 0 aliphatic carbocycles. The first-order valence-corrected chi connectivity index (χ1v) is 17.1. The van der Waals surface area contributed by atoms with Gasteiger partial charge in [-0.1, -0.05) is 140 Å². The topological polar surface area (TPSA) is 16.4 Å². The summed E-state index contributed by atoms with van der Waals surface area (Å²) in [4.78, 5) is 2.40. The lowest BCUT2D eigenvalue weighted by atomic mass is 9.98. The fourth-order valence-corrected chi connectivity index (χ4v) is 7.61. The third-order valence-electron chi connectivity index (χ3n) is 10.0. The maximum Gasteiger partial charge on any atom is 0.136 e. The minimum absolute atomic E-state index is 0.907. The van der Waals surface area contributed by atoms with Crippen molar-refractivity contribution in [3.8, 4) is 22.3 Å². The molecule has 234 valence electrons. The van der Waals surface area contributed by atoms with Gasteiger partial charge in [-0.05, 0) is 97.7 Å². The molecule has 1 heterocycles. The highest BCUT2D eigenvalue weighted by atomic mass is 16.3. The molecule has 10 aromatic rings. The second-order valence-corrected chi connectivity index (χ2v) is 12.9. The molecule has 0 unspecified atom stereocenters. The van der Waals surface area contributed by atoms with Crippen molar-refractivity contribution in [2.45, 2.75) is 0 Å². The van der Waals surface area contributed by atoms with Gasteiger partial charge >= 0.3 is 0 Å². The molecule has 9 aromatic carbocycles. The molecule has 0 saturated carbocycles. The first-order chi connectivity index (χ1) is 24.8. The van der Waals surface area contributed by atoms with Gasteiger partial charge in [-0.2, -0.15) is 0 Å². The monoisotopic (exact) mass is 637 g/mol. The van der Waals surface area contributed by atoms with Crippen LogP contribution in [-0.2, 0) is 0 Å². The summed E-state index contributed by atoms with van der Waals surface area (Å²) in [6.07, 6.45) is 0. The number of anilines is 3. The Bertz CT molecular complexity index is 2850. The minimum Gasteiger partial charge on any atom is -0.456 e. The summed E-state index contributed by atoms with van der Waals surface area (Å²) >= 11 is 0. The molecule has 0 spiro atoms. The van der Waals surface area contributed by atoms with Crippen molar-refractivity contribution in [1.29, 1.82) is 0 Å². The van der Waals surface area contributed by atoms with Gasteiger partial charge in [0, 0.05) is 27.5 Å². The Hall–Kier alpha value is -6.64. The van der Waals surface area contributed by atoms with Crippen LogP contribution in [0.15, 0.2) is 192 Å². The van der Waals surface area contributed by atoms with Crippen molar-refractivity contribution in [1.82, 2.24) is 0 Å². The zero-order valence-corrected chi connectivity index (χ0v) is 27.3. The van der Waals surface area contributed by atoms with Crippen LogP contribution in [0.3, 0.4) is 0 Å². The van der Waals surface area contributed by atoms with Crippen LogP contribution in [-0.4, -0.2) is 0 Å². The summed E-state index contributed by atoms with van der Waals surface area (Å²) in [5.41, 5.74) is 9.91. The minimum atomic E-state index is 0.907. The largest absolute Gasteiger partial charge is 0.456 e. The van der Waals surface area contributed by atoms with Gasteiger partial charge in [0.05, 0.1) is 5.69 Å². The van der Waals surface area contributed by atoms with Gasteiger partial charge in [0.2, 0.25) is 0 Å². The quantitative estimate of drug-likeness (QED) is 0.175. The number of nitrogens with zero attached hydrogens (tertiary/aromatic N) is 1. The normalized spacial score (nSPS) is 11.6. The van der Waals surface area contributed by atoms with Crippen LogP contribution < -0.4 is 4.90 Å². The Labute approximate surface area is 290 Å². The van der Waals surface area contributed by atoms with E-state index >= 15 is 0 Å². The summed E-state index contributed by atoms with van der Waals surface area (Å²) in [6.45, 7) is 0. The number of fused-ring (bicyclic) bond motifs is 8. The Morgan fingerprint density at radius 1 is 0.320 bits per heavy atom. The number of benzene rings is 9. The molecule has 0 atom stereocenters. The van der Waals surface area contributed by atoms with E-state index in [9.17, 15) is 0 Å². The van der Waals surface area contributed by atoms with Gasteiger partial charge in [-0.15, -0.1) is 0 Å². The first-order valence-electron chi connectivity index (χ1n) is 17.1. The van der Waals surface area contributed by atoms with Gasteiger partial charge in [0.1, 0.15) is 11.2 Å². The van der Waals surface area contributed by atoms with E-state index in [1.54, 1.807) is 0 Å². The third kappa shape index (κ3) is 4.65. The maximum absolute atomic E-state index is 6.30. The number of rotatable bonds is 5. The van der Waals surface area contributed by atoms with Crippen LogP contribution in [0.4, 0.5) is 17.1 Å². The molecule has 0 N–H and O–H groups in total. The molecule has 0 amide bonds. The molecule has 0 aliphatic heterocycles. The Kier molecular flexibility index (Phi) is 6.53. The van der Waals surface area contributed by atoms with Gasteiger partial charge in [0.15, 0.2) is 0 Å². The fourth-order valence-electron chi connectivity index (χ4n) is 7.61. The van der Waals surface area contributed by atoms with Gasteiger partial charge < -0.3 is 9.32 Å². The number of furan rings is 1. The van der Waals surface area contributed by atoms with E-state index < -0.39 is 0 Å². The number of hydrogen-bond donors (Lipinski definition) is 0. The average molecular weight is 638 g/mol. The summed E-state index contributed by atoms with van der Waals surface area (Å²) in [6, 6.07) is 67.5. The summed E-state index contributed by atoms with van der Waals surface area (Å²) in [5, 5.41) is 9.69. The summed E-state index contributed by atoms with van der Waals surface area (Å²) in [7, 11) is 0. The van der Waals surface area contributed by atoms with Crippen molar-refractivity contribution in [2.24, 2.45) is 0 Å². The van der Waals surface area contributed by atoms with Crippen molar-refractivity contribution in [2.75, 3.05) is 4.90 Å². The molecule has 0 radical (unpaired) electrons. The molecule has 0 fully saturated rings. The van der Waals surface area contributed by atoms with E-state index in [0.717, 1.165) is 44.7 Å². The van der Waals surface area contributed by atoms with Crippen LogP contribution in [0.2, 0.25) is 0 Å². The molecule has 0 bridgehead atoms. The fraction of sp³-hybridized carbons (Fsp3) is 0. The average Bonchev–Trinajstić information content (AvgIpc) is 3.58. The SMILES string of the molecule is c1ccc(-c2ccc(N(c3ccc(-c4ccc5oc6ccc7ccccc7c6c5c4)cc3)c3cc4ccccc4c4ccccc34)cc2)cc1. The Morgan fingerprint density at radius 2 is 0.860 bits per heavy atom. The molecule has 0 aliphatic rings. The van der Waals surface area contributed by atoms with E-state index in [0.29, 0.717) is 0 Å². The van der Waals surface area contributed by atoms with E-state index in [2.05, 4.69) is 193 Å². The highest BCUT2D eigenvalue weighted by Gasteiger charge is 2.18. The van der Waals surface area contributed by atoms with Gasteiger partial charge in [-0.3, -0.25) is 0 Å². The molecule has 10 rings (SSSR count). The van der Waals surface area contributed by atoms with E-state index in [4.69, 9.17) is 4.42 Å². The van der Waals surface area contributed by atoms with Crippen molar-refractivity contribution < 1.29 is 4.42 Å². The van der Waals surface area contributed by atoms with Crippen LogP contribution in [0.1, 0.15) is 0 Å². The van der Waals surface area contributed by atoms with Crippen LogP contribution in [0, 0.1) is 0 Å². The van der Waals surface area contributed by atoms with Crippen molar-refractivity contribution in [3.05, 3.63) is 188 Å². The summed E-state index contributed by atoms with van der Waals surface area (Å²) in [5.74, 6) is 0. The highest BCUT2D eigenvalue weighted by molar-refractivity contribution is 6.19. The molecular weight excluding hydrogens is 607 g/mol. The lowest BCUT2D eigenvalue weighted by Gasteiger charge is -2.28. The second kappa shape index (κ2) is 11.5. The summed E-state index contributed by atoms with van der Waals surface area (Å²) < 4.78 is 6.30. The van der Waals surface area contributed by atoms with Crippen LogP contribution in [0.5, 0.6) is 0 Å². The Morgan fingerprint density at radius 3 is 1.60 bits per heavy atom. The van der Waals surface area contributed by atoms with Crippen LogP contribution in [0.25, 0.3) is 76.5 Å². The molecule has 2 heteroatoms. The molecule has 1 aromatic heterocycles. The zero-order chi connectivity index (χ0) is 33.0. The zero-order valence-electron chi connectivity index (χ0n) is 27.3. The van der Waals surface area contributed by atoms with Gasteiger partial charge in [-0.25, -0.2) is 0 Å². The smallest absolute Gasteiger partial charge is 0.136 e. The molecule has 0 saturated heterocycles. The predicted octanol–water partition coefficient (Wildman–Crippen LogP) is 13.8. The van der Waals surface area contributed by atoms with E-state index in [-0.39, 0.29) is 0 Å². The van der Waals surface area contributed by atoms with Crippen LogP contribution >= 0.6 is 0 Å². The molecule has 50 heavy (non-hydrogen) atoms. The third-order valence-corrected chi connectivity index (χ3v) is 10.0. The standard InChI is InChI=1S/C48H31NO/c1-2-10-32(11-3-1)33-18-24-38(25-19-33)49(45-31-37-13-5-6-14-40(37)42-16-8-9-17-43(42)45)39-26-20-34(21-27-39)36-23-28-46-44(30-36)48-41-15-7-4-12-35(41)22-29-47(48)50-46/h1-31H. The first kappa shape index (κ1) is 28.4. The Balaban J connectivity index is 1.12. The predicted molar refractivity (Wildman–Crippen MR) is 212 cm³/mol. The second-order valence-electron chi connectivity index (χ2n) is 12.9. The van der Waals surface area contributed by atoms with Crippen molar-refractivity contribution >= 4 is 71.3 Å². The maximum atomic E-state index is 6.30. The number of hydrogen-bond acceptors (Lipinski definition) is 2.